The average Bonchev–Trinajstić information content (AvgIpc) is 2.74. The van der Waals surface area contributed by atoms with Crippen molar-refractivity contribution in [2.75, 3.05) is 13.2 Å². The van der Waals surface area contributed by atoms with Crippen molar-refractivity contribution in [2.45, 2.75) is 26.4 Å². The molecule has 8 nitrogen and oxygen atoms in total. The number of pyridine rings is 1. The summed E-state index contributed by atoms with van der Waals surface area (Å²) >= 11 is 0. The highest BCUT2D eigenvalue weighted by Crippen LogP contribution is 2.11. The number of fused-ring (bicyclic) bond motifs is 1. The van der Waals surface area contributed by atoms with Gasteiger partial charge in [-0.05, 0) is 24.1 Å². The third kappa shape index (κ3) is 4.57. The van der Waals surface area contributed by atoms with Crippen molar-refractivity contribution in [3.63, 3.8) is 0 Å². The van der Waals surface area contributed by atoms with Gasteiger partial charge in [0.15, 0.2) is 11.3 Å². The van der Waals surface area contributed by atoms with Crippen molar-refractivity contribution in [1.82, 2.24) is 14.3 Å². The number of ether oxygens (including phenoxy) is 1. The summed E-state index contributed by atoms with van der Waals surface area (Å²) in [5.41, 5.74) is -1.39. The third-order valence-corrected chi connectivity index (χ3v) is 4.52. The monoisotopic (exact) mass is 415 g/mol. The number of halogens is 1. The normalized spacial score (nSPS) is 11.0. The molecule has 2 heterocycles. The van der Waals surface area contributed by atoms with E-state index in [0.29, 0.717) is 18.8 Å². The second kappa shape index (κ2) is 9.36. The molecule has 0 unspecified atom stereocenters. The van der Waals surface area contributed by atoms with Crippen LogP contribution in [-0.2, 0) is 17.8 Å². The molecule has 0 saturated heterocycles. The minimum Gasteiger partial charge on any atom is -0.503 e. The number of nitrogens with one attached hydrogen (secondary N) is 1. The summed E-state index contributed by atoms with van der Waals surface area (Å²) in [6, 6.07) is 5.53. The Morgan fingerprint density at radius 1 is 1.17 bits per heavy atom. The summed E-state index contributed by atoms with van der Waals surface area (Å²) in [6.07, 6.45) is 5.03. The molecule has 0 aliphatic carbocycles. The number of amides is 1. The topological polar surface area (TPSA) is 102 Å². The number of rotatable bonds is 8. The Morgan fingerprint density at radius 3 is 2.60 bits per heavy atom. The average molecular weight is 415 g/mol. The van der Waals surface area contributed by atoms with E-state index in [0.717, 1.165) is 6.42 Å². The Kier molecular flexibility index (Phi) is 6.63. The van der Waals surface area contributed by atoms with Gasteiger partial charge in [-0.15, -0.1) is 0 Å². The predicted molar refractivity (Wildman–Crippen MR) is 108 cm³/mol. The van der Waals surface area contributed by atoms with Crippen LogP contribution in [0.1, 0.15) is 29.3 Å². The summed E-state index contributed by atoms with van der Waals surface area (Å²) in [6.45, 7) is 3.20. The molecule has 0 saturated carbocycles. The van der Waals surface area contributed by atoms with Gasteiger partial charge in [-0.1, -0.05) is 19.1 Å². The van der Waals surface area contributed by atoms with Gasteiger partial charge in [0.1, 0.15) is 11.4 Å². The van der Waals surface area contributed by atoms with Crippen molar-refractivity contribution in [2.24, 2.45) is 0 Å². The molecule has 0 aliphatic heterocycles. The van der Waals surface area contributed by atoms with Crippen molar-refractivity contribution in [1.29, 1.82) is 0 Å². The Hall–Kier alpha value is -3.46. The van der Waals surface area contributed by atoms with Gasteiger partial charge in [0.25, 0.3) is 11.5 Å². The largest absolute Gasteiger partial charge is 0.503 e. The smallest absolute Gasteiger partial charge is 0.278 e. The molecule has 0 bridgehead atoms. The summed E-state index contributed by atoms with van der Waals surface area (Å²) in [4.78, 5) is 37.6. The first-order valence-corrected chi connectivity index (χ1v) is 9.50. The lowest BCUT2D eigenvalue weighted by Crippen LogP contribution is -2.31. The summed E-state index contributed by atoms with van der Waals surface area (Å²) in [5, 5.41) is 12.9. The fourth-order valence-corrected chi connectivity index (χ4v) is 2.93. The molecule has 3 aromatic rings. The molecule has 0 atom stereocenters. The molecule has 1 aromatic carbocycles. The van der Waals surface area contributed by atoms with Crippen LogP contribution in [0, 0.1) is 5.82 Å². The van der Waals surface area contributed by atoms with E-state index in [9.17, 15) is 23.9 Å². The highest BCUT2D eigenvalue weighted by Gasteiger charge is 2.19. The number of carbonyl (C=O) groups is 1. The van der Waals surface area contributed by atoms with Crippen LogP contribution in [0.3, 0.4) is 0 Å². The fraction of sp³-hybridized carbons (Fsp3) is 0.286. The quantitative estimate of drug-likeness (QED) is 0.545. The fourth-order valence-electron chi connectivity index (χ4n) is 2.93. The van der Waals surface area contributed by atoms with Crippen LogP contribution in [0.2, 0.25) is 0 Å². The maximum Gasteiger partial charge on any atom is 0.278 e. The van der Waals surface area contributed by atoms with E-state index in [-0.39, 0.29) is 24.2 Å². The standard InChI is InChI=1S/C21H22FN3O5/c1-2-10-30-11-9-24-7-8-25-13-16(18(26)19(27)17(25)21(24)29)20(28)23-12-14-3-5-15(22)6-4-14/h3-8,13,27H,2,9-12H2,1H3,(H,23,28). The molecule has 3 rings (SSSR count). The van der Waals surface area contributed by atoms with E-state index in [1.54, 1.807) is 0 Å². The van der Waals surface area contributed by atoms with Crippen LogP contribution in [0.4, 0.5) is 4.39 Å². The van der Waals surface area contributed by atoms with Gasteiger partial charge in [-0.3, -0.25) is 14.4 Å². The maximum absolute atomic E-state index is 13.0. The SMILES string of the molecule is CCCOCCn1ccn2cc(C(=O)NCc3ccc(F)cc3)c(=O)c(O)c2c1=O. The summed E-state index contributed by atoms with van der Waals surface area (Å²) in [7, 11) is 0. The number of carbonyl (C=O) groups excluding carboxylic acids is 1. The molecule has 0 spiro atoms. The van der Waals surface area contributed by atoms with Crippen molar-refractivity contribution < 1.29 is 19.0 Å². The molecule has 1 amide bonds. The van der Waals surface area contributed by atoms with Crippen LogP contribution in [0.5, 0.6) is 5.75 Å². The van der Waals surface area contributed by atoms with Crippen LogP contribution in [-0.4, -0.2) is 33.2 Å². The lowest BCUT2D eigenvalue weighted by molar-refractivity contribution is 0.0949. The van der Waals surface area contributed by atoms with Gasteiger partial charge in [-0.25, -0.2) is 4.39 Å². The van der Waals surface area contributed by atoms with Gasteiger partial charge in [0.05, 0.1) is 6.61 Å². The first-order chi connectivity index (χ1) is 14.4. The molecular formula is C21H22FN3O5. The molecule has 0 fully saturated rings. The number of hydrogen-bond acceptors (Lipinski definition) is 5. The van der Waals surface area contributed by atoms with Crippen LogP contribution in [0.15, 0.2) is 52.4 Å². The van der Waals surface area contributed by atoms with E-state index in [4.69, 9.17) is 4.74 Å². The number of aromatic hydroxyl groups is 1. The Morgan fingerprint density at radius 2 is 1.90 bits per heavy atom. The van der Waals surface area contributed by atoms with E-state index >= 15 is 0 Å². The van der Waals surface area contributed by atoms with E-state index < -0.39 is 28.5 Å². The van der Waals surface area contributed by atoms with E-state index in [1.807, 2.05) is 6.92 Å². The maximum atomic E-state index is 13.0. The van der Waals surface area contributed by atoms with Gasteiger partial charge in [-0.2, -0.15) is 0 Å². The zero-order valence-electron chi connectivity index (χ0n) is 16.4. The molecular weight excluding hydrogens is 393 g/mol. The number of benzene rings is 1. The molecule has 0 aliphatic rings. The molecule has 9 heteroatoms. The number of hydrogen-bond donors (Lipinski definition) is 2. The minimum atomic E-state index is -0.941. The highest BCUT2D eigenvalue weighted by atomic mass is 19.1. The molecule has 2 N–H and O–H groups in total. The van der Waals surface area contributed by atoms with E-state index in [2.05, 4.69) is 5.32 Å². The molecule has 158 valence electrons. The van der Waals surface area contributed by atoms with E-state index in [1.165, 1.54) is 51.8 Å². The van der Waals surface area contributed by atoms with Gasteiger partial charge >= 0.3 is 0 Å². The summed E-state index contributed by atoms with van der Waals surface area (Å²) < 4.78 is 20.9. The zero-order chi connectivity index (χ0) is 21.7. The van der Waals surface area contributed by atoms with Crippen LogP contribution < -0.4 is 16.3 Å². The number of nitrogens with zero attached hydrogens (tertiary/aromatic N) is 2. The van der Waals surface area contributed by atoms with Crippen molar-refractivity contribution >= 4 is 11.4 Å². The second-order valence-electron chi connectivity index (χ2n) is 6.69. The minimum absolute atomic E-state index is 0.0708. The number of aromatic nitrogens is 2. The molecule has 2 aromatic heterocycles. The lowest BCUT2D eigenvalue weighted by atomic mass is 10.2. The van der Waals surface area contributed by atoms with Crippen LogP contribution in [0.25, 0.3) is 5.52 Å². The Bertz CT molecular complexity index is 1170. The van der Waals surface area contributed by atoms with Crippen molar-refractivity contribution in [3.8, 4) is 5.75 Å². The Labute approximate surface area is 171 Å². The third-order valence-electron chi connectivity index (χ3n) is 4.52. The Balaban J connectivity index is 1.85. The first-order valence-electron chi connectivity index (χ1n) is 9.50. The lowest BCUT2D eigenvalue weighted by Gasteiger charge is -2.11. The van der Waals surface area contributed by atoms with Crippen molar-refractivity contribution in [3.05, 3.63) is 80.4 Å². The zero-order valence-corrected chi connectivity index (χ0v) is 16.4. The summed E-state index contributed by atoms with van der Waals surface area (Å²) in [5.74, 6) is -1.91. The molecule has 30 heavy (non-hydrogen) atoms. The van der Waals surface area contributed by atoms with Gasteiger partial charge < -0.3 is 24.1 Å². The molecule has 0 radical (unpaired) electrons. The van der Waals surface area contributed by atoms with Crippen LogP contribution >= 0.6 is 0 Å². The highest BCUT2D eigenvalue weighted by molar-refractivity contribution is 5.94. The van der Waals surface area contributed by atoms with Gasteiger partial charge in [0.2, 0.25) is 5.43 Å². The predicted octanol–water partition coefficient (Wildman–Crippen LogP) is 1.66. The second-order valence-corrected chi connectivity index (χ2v) is 6.69. The van der Waals surface area contributed by atoms with Gasteiger partial charge in [0, 0.05) is 38.3 Å². The first kappa shape index (κ1) is 21.3.